The van der Waals surface area contributed by atoms with Gasteiger partial charge in [0, 0.05) is 37.7 Å². The van der Waals surface area contributed by atoms with Crippen molar-refractivity contribution in [2.45, 2.75) is 69.2 Å². The van der Waals surface area contributed by atoms with Crippen LogP contribution in [0.2, 0.25) is 0 Å². The summed E-state index contributed by atoms with van der Waals surface area (Å²) in [6.45, 7) is 4.35. The van der Waals surface area contributed by atoms with Gasteiger partial charge in [-0.05, 0) is 102 Å². The number of methoxy groups -OCH3 is 1. The number of allylic oxidation sites excluding steroid dienone is 1. The van der Waals surface area contributed by atoms with Crippen LogP contribution in [0.4, 0.5) is 9.18 Å². The van der Waals surface area contributed by atoms with Crippen molar-refractivity contribution in [3.63, 3.8) is 0 Å². The lowest BCUT2D eigenvalue weighted by Gasteiger charge is -2.59. The highest BCUT2D eigenvalue weighted by Crippen LogP contribution is 2.62. The van der Waals surface area contributed by atoms with Crippen molar-refractivity contribution in [2.24, 2.45) is 22.9 Å². The molecule has 0 radical (unpaired) electrons. The number of hydrogen-bond acceptors (Lipinski definition) is 9. The fourth-order valence-corrected chi connectivity index (χ4v) is 9.51. The van der Waals surface area contributed by atoms with Gasteiger partial charge in [-0.25, -0.2) is 9.18 Å². The molecule has 1 saturated carbocycles. The van der Waals surface area contributed by atoms with Crippen LogP contribution in [0.25, 0.3) is 11.1 Å². The van der Waals surface area contributed by atoms with E-state index in [4.69, 9.17) is 23.8 Å². The Hall–Kier alpha value is -5.49. The molecular formula is C49H55FN2O8. The van der Waals surface area contributed by atoms with Gasteiger partial charge in [-0.2, -0.15) is 0 Å². The van der Waals surface area contributed by atoms with Crippen LogP contribution in [-0.2, 0) is 20.9 Å². The molecule has 316 valence electrons. The summed E-state index contributed by atoms with van der Waals surface area (Å²) >= 11 is 0. The molecule has 10 nitrogen and oxygen atoms in total. The molecule has 1 fully saturated rings. The smallest absolute Gasteiger partial charge is 0.410 e. The topological polar surface area (TPSA) is 119 Å². The number of carbonyl (C=O) groups excluding carboxylic acids is 1. The highest BCUT2D eigenvalue weighted by Gasteiger charge is 2.65. The highest BCUT2D eigenvalue weighted by molar-refractivity contribution is 6.03. The van der Waals surface area contributed by atoms with Gasteiger partial charge in [-0.3, -0.25) is 4.90 Å². The van der Waals surface area contributed by atoms with Gasteiger partial charge in [0.25, 0.3) is 0 Å². The Bertz CT molecular complexity index is 2130. The molecule has 4 aromatic carbocycles. The average molecular weight is 819 g/mol. The number of carbonyl (C=O) groups is 1. The van der Waals surface area contributed by atoms with Crippen molar-refractivity contribution in [2.75, 3.05) is 34.0 Å². The molecular weight excluding hydrogens is 764 g/mol. The molecule has 0 bridgehead atoms. The number of nitrogens with zero attached hydrogens (tertiary/aromatic N) is 2. The second-order valence-corrected chi connectivity index (χ2v) is 15.7. The number of oxime groups is 1. The zero-order valence-corrected chi connectivity index (χ0v) is 34.4. The summed E-state index contributed by atoms with van der Waals surface area (Å²) in [6, 6.07) is 29.3. The predicted octanol–water partition coefficient (Wildman–Crippen LogP) is 9.82. The minimum Gasteiger partial charge on any atom is -0.459 e. The van der Waals surface area contributed by atoms with Gasteiger partial charge in [0.1, 0.15) is 36.2 Å². The first-order valence-corrected chi connectivity index (χ1v) is 20.9. The quantitative estimate of drug-likeness (QED) is 0.0579. The summed E-state index contributed by atoms with van der Waals surface area (Å²) in [4.78, 5) is 21.2. The lowest BCUT2D eigenvalue weighted by molar-refractivity contribution is -0.256. The van der Waals surface area contributed by atoms with E-state index < -0.39 is 23.8 Å². The summed E-state index contributed by atoms with van der Waals surface area (Å²) in [5, 5.41) is 24.4. The summed E-state index contributed by atoms with van der Waals surface area (Å²) < 4.78 is 40.4. The average Bonchev–Trinajstić information content (AvgIpc) is 3.27. The summed E-state index contributed by atoms with van der Waals surface area (Å²) in [5.74, 6) is -0.592. The zero-order chi connectivity index (χ0) is 42.1. The molecule has 60 heavy (non-hydrogen) atoms. The molecule has 7 rings (SSSR count). The number of ether oxygens (including phenoxy) is 4. The van der Waals surface area contributed by atoms with Crippen LogP contribution in [-0.4, -0.2) is 72.8 Å². The highest BCUT2D eigenvalue weighted by atomic mass is 19.1. The standard InChI is InChI=1S/C49H55FN2O8/c1-4-28-58-49-45(52(48(55)56-2)32-33-16-20-37(50)21-17-33)31-43(51-57-3)41-29-36(14-8-10-26-53)40(15-9-11-27-54)46(47(41)49)42-30-39(24-25-44(42)60-49)59-38-22-18-35(19-23-38)34-12-6-5-7-13-34/h4-7,12-13,16-25,29-30,36,40,45-47,53-54H,1,8-11,14-15,26-28,31-32H2,2-3H3. The van der Waals surface area contributed by atoms with Crippen molar-refractivity contribution in [3.8, 4) is 28.4 Å². The number of fused-ring (bicyclic) bond motifs is 2. The van der Waals surface area contributed by atoms with E-state index in [1.165, 1.54) is 26.4 Å². The van der Waals surface area contributed by atoms with Crippen LogP contribution >= 0.6 is 0 Å². The molecule has 0 saturated heterocycles. The largest absolute Gasteiger partial charge is 0.459 e. The van der Waals surface area contributed by atoms with E-state index in [2.05, 4.69) is 36.0 Å². The third-order valence-electron chi connectivity index (χ3n) is 12.1. The molecule has 3 aliphatic rings. The monoisotopic (exact) mass is 818 g/mol. The van der Waals surface area contributed by atoms with Gasteiger partial charge < -0.3 is 34.0 Å². The normalized spacial score (nSPS) is 23.4. The van der Waals surface area contributed by atoms with Crippen molar-refractivity contribution < 1.29 is 43.2 Å². The fourth-order valence-electron chi connectivity index (χ4n) is 9.51. The maximum absolute atomic E-state index is 14.1. The Morgan fingerprint density at radius 2 is 1.62 bits per heavy atom. The molecule has 2 aliphatic carbocycles. The first-order valence-electron chi connectivity index (χ1n) is 20.9. The minimum atomic E-state index is -1.47. The number of hydrogen-bond donors (Lipinski definition) is 2. The second kappa shape index (κ2) is 19.7. The lowest BCUT2D eigenvalue weighted by Crippen LogP contribution is -2.70. The van der Waals surface area contributed by atoms with E-state index in [1.807, 2.05) is 54.6 Å². The number of amides is 1. The van der Waals surface area contributed by atoms with E-state index in [1.54, 1.807) is 23.1 Å². The van der Waals surface area contributed by atoms with E-state index >= 15 is 0 Å². The molecule has 11 heteroatoms. The van der Waals surface area contributed by atoms with Crippen molar-refractivity contribution in [3.05, 3.63) is 138 Å². The summed E-state index contributed by atoms with van der Waals surface area (Å²) in [6.07, 6.45) is 8.06. The van der Waals surface area contributed by atoms with Gasteiger partial charge in [0.05, 0.1) is 25.3 Å². The van der Waals surface area contributed by atoms with Gasteiger partial charge in [-0.15, -0.1) is 6.58 Å². The zero-order valence-electron chi connectivity index (χ0n) is 34.4. The maximum atomic E-state index is 14.1. The molecule has 1 heterocycles. The van der Waals surface area contributed by atoms with E-state index in [0.29, 0.717) is 41.4 Å². The molecule has 6 atom stereocenters. The molecule has 1 amide bonds. The van der Waals surface area contributed by atoms with Crippen LogP contribution in [0.15, 0.2) is 127 Å². The van der Waals surface area contributed by atoms with Crippen LogP contribution in [0.5, 0.6) is 17.2 Å². The molecule has 0 spiro atoms. The Morgan fingerprint density at radius 1 is 0.917 bits per heavy atom. The molecule has 1 aliphatic heterocycles. The molecule has 0 aromatic heterocycles. The van der Waals surface area contributed by atoms with Gasteiger partial charge in [-0.1, -0.05) is 84.7 Å². The maximum Gasteiger partial charge on any atom is 0.410 e. The molecule has 6 unspecified atom stereocenters. The van der Waals surface area contributed by atoms with E-state index in [9.17, 15) is 19.4 Å². The van der Waals surface area contributed by atoms with Crippen molar-refractivity contribution in [1.82, 2.24) is 4.90 Å². The number of benzene rings is 4. The molecule has 2 N–H and O–H groups in total. The van der Waals surface area contributed by atoms with Crippen LogP contribution in [0.1, 0.15) is 62.0 Å². The van der Waals surface area contributed by atoms with Crippen LogP contribution < -0.4 is 9.47 Å². The Morgan fingerprint density at radius 3 is 2.30 bits per heavy atom. The van der Waals surface area contributed by atoms with Crippen LogP contribution in [0, 0.1) is 23.6 Å². The molecule has 4 aromatic rings. The Labute approximate surface area is 351 Å². The number of aliphatic hydroxyl groups excluding tert-OH is 2. The summed E-state index contributed by atoms with van der Waals surface area (Å²) in [7, 11) is 2.84. The van der Waals surface area contributed by atoms with Gasteiger partial charge in [0.15, 0.2) is 0 Å². The Balaban J connectivity index is 1.39. The first kappa shape index (κ1) is 42.6. The number of unbranched alkanes of at least 4 members (excludes halogenated alkanes) is 2. The van der Waals surface area contributed by atoms with E-state index in [-0.39, 0.29) is 56.4 Å². The Kier molecular flexibility index (Phi) is 14.0. The van der Waals surface area contributed by atoms with Crippen molar-refractivity contribution >= 4 is 11.8 Å². The van der Waals surface area contributed by atoms with Crippen molar-refractivity contribution in [1.29, 1.82) is 0 Å². The van der Waals surface area contributed by atoms with E-state index in [0.717, 1.165) is 47.9 Å². The number of rotatable bonds is 18. The number of halogens is 1. The SMILES string of the molecule is C=CCOC12Oc3ccc(Oc4ccc(-c5ccccc5)cc4)cc3C3C(CCCCO)C(CCCCO)C=C(C(=NOC)CC1N(Cc1ccc(F)cc1)C(=O)OC)C32. The lowest BCUT2D eigenvalue weighted by atomic mass is 9.55. The predicted molar refractivity (Wildman–Crippen MR) is 228 cm³/mol. The second-order valence-electron chi connectivity index (χ2n) is 15.7. The van der Waals surface area contributed by atoms with Gasteiger partial charge >= 0.3 is 6.09 Å². The third kappa shape index (κ3) is 8.99. The number of aliphatic hydroxyl groups is 2. The summed E-state index contributed by atoms with van der Waals surface area (Å²) in [5.41, 5.74) is 5.39. The minimum absolute atomic E-state index is 0.0324. The third-order valence-corrected chi connectivity index (χ3v) is 12.1. The van der Waals surface area contributed by atoms with Crippen LogP contribution in [0.3, 0.4) is 0 Å². The van der Waals surface area contributed by atoms with Gasteiger partial charge in [0.2, 0.25) is 5.79 Å². The first-order chi connectivity index (χ1) is 29.3. The fraction of sp³-hybridized carbons (Fsp3) is 0.388.